The first-order valence-electron chi connectivity index (χ1n) is 10.4. The van der Waals surface area contributed by atoms with Gasteiger partial charge >= 0.3 is 0 Å². The van der Waals surface area contributed by atoms with Gasteiger partial charge in [-0.1, -0.05) is 58.8 Å². The second-order valence-electron chi connectivity index (χ2n) is 7.64. The van der Waals surface area contributed by atoms with E-state index in [1.54, 1.807) is 26.4 Å². The Hall–Kier alpha value is -2.91. The number of aldehydes is 1. The molecule has 0 heterocycles. The highest BCUT2D eigenvalue weighted by Gasteiger charge is 2.32. The van der Waals surface area contributed by atoms with Crippen molar-refractivity contribution in [3.63, 3.8) is 0 Å². The van der Waals surface area contributed by atoms with Crippen LogP contribution >= 0.6 is 8.58 Å². The van der Waals surface area contributed by atoms with E-state index < -0.39 is 11.0 Å². The molecule has 0 saturated heterocycles. The van der Waals surface area contributed by atoms with Crippen molar-refractivity contribution < 1.29 is 23.4 Å². The Kier molecular flexibility index (Phi) is 7.87. The highest BCUT2D eigenvalue weighted by molar-refractivity contribution is 7.48. The van der Waals surface area contributed by atoms with Gasteiger partial charge < -0.3 is 14.2 Å². The molecule has 0 aliphatic heterocycles. The molecule has 6 heteroatoms. The molecule has 4 nitrogen and oxygen atoms in total. The Morgan fingerprint density at radius 3 is 2.41 bits per heavy atom. The van der Waals surface area contributed by atoms with E-state index in [0.717, 1.165) is 22.9 Å². The summed E-state index contributed by atoms with van der Waals surface area (Å²) in [6.45, 7) is 4.59. The molecule has 2 unspecified atom stereocenters. The molecule has 3 rings (SSSR count). The van der Waals surface area contributed by atoms with Crippen LogP contribution in [-0.4, -0.2) is 20.5 Å². The highest BCUT2D eigenvalue weighted by atomic mass is 31.1. The van der Waals surface area contributed by atoms with Gasteiger partial charge in [0.15, 0.2) is 17.8 Å². The van der Waals surface area contributed by atoms with Crippen molar-refractivity contribution in [2.24, 2.45) is 0 Å². The number of methoxy groups -OCH3 is 2. The van der Waals surface area contributed by atoms with Crippen molar-refractivity contribution in [3.8, 4) is 17.2 Å². The Morgan fingerprint density at radius 1 is 1.03 bits per heavy atom. The molecule has 168 valence electrons. The van der Waals surface area contributed by atoms with Crippen molar-refractivity contribution in [2.45, 2.75) is 32.0 Å². The summed E-state index contributed by atoms with van der Waals surface area (Å²) in [7, 11) is 3.41. The maximum atomic E-state index is 13.7. The number of ether oxygens (including phenoxy) is 3. The lowest BCUT2D eigenvalue weighted by Crippen LogP contribution is -2.21. The van der Waals surface area contributed by atoms with Gasteiger partial charge in [-0.25, -0.2) is 4.39 Å². The lowest BCUT2D eigenvalue weighted by atomic mass is 9.95. The largest absolute Gasteiger partial charge is 0.497 e. The highest BCUT2D eigenvalue weighted by Crippen LogP contribution is 2.51. The molecule has 0 fully saturated rings. The summed E-state index contributed by atoms with van der Waals surface area (Å²) >= 11 is 0. The maximum absolute atomic E-state index is 13.7. The summed E-state index contributed by atoms with van der Waals surface area (Å²) in [5, 5.41) is 0.408. The van der Waals surface area contributed by atoms with Crippen LogP contribution in [0.5, 0.6) is 17.2 Å². The summed E-state index contributed by atoms with van der Waals surface area (Å²) < 4.78 is 31.2. The summed E-state index contributed by atoms with van der Waals surface area (Å²) in [6.07, 6.45) is 1.47. The average Bonchev–Trinajstić information content (AvgIpc) is 2.83. The average molecular weight is 454 g/mol. The zero-order valence-electron chi connectivity index (χ0n) is 18.8. The first kappa shape index (κ1) is 23.7. The molecule has 0 aliphatic carbocycles. The van der Waals surface area contributed by atoms with E-state index in [1.165, 1.54) is 12.1 Å². The molecule has 32 heavy (non-hydrogen) atoms. The van der Waals surface area contributed by atoms with E-state index in [-0.39, 0.29) is 8.58 Å². The third-order valence-corrected chi connectivity index (χ3v) is 7.46. The summed E-state index contributed by atoms with van der Waals surface area (Å²) in [4.78, 5) is 11.6. The summed E-state index contributed by atoms with van der Waals surface area (Å²) in [5.41, 5.74) is 2.33. The van der Waals surface area contributed by atoms with E-state index in [9.17, 15) is 9.18 Å². The molecular formula is C26H28FO4P. The van der Waals surface area contributed by atoms with Gasteiger partial charge in [-0.2, -0.15) is 0 Å². The Balaban J connectivity index is 2.08. The zero-order valence-corrected chi connectivity index (χ0v) is 19.8. The molecule has 0 spiro atoms. The summed E-state index contributed by atoms with van der Waals surface area (Å²) in [6, 6.07) is 18.0. The summed E-state index contributed by atoms with van der Waals surface area (Å²) in [5.74, 6) is 1.45. The van der Waals surface area contributed by atoms with Crippen LogP contribution in [0.4, 0.5) is 4.39 Å². The number of halogens is 1. The second kappa shape index (κ2) is 10.6. The van der Waals surface area contributed by atoms with Gasteiger partial charge in [-0.3, -0.25) is 4.79 Å². The molecule has 2 atom stereocenters. The molecule has 3 aromatic carbocycles. The number of benzene rings is 3. The number of hydrogen-bond donors (Lipinski definition) is 0. The SMILES string of the molecule is CCC(C)(Pc1ccc(F)cc1C=O)c1cc(OC)cc(OC)c1OCc1ccccc1. The molecule has 0 aromatic heterocycles. The Morgan fingerprint density at radius 2 is 1.78 bits per heavy atom. The van der Waals surface area contributed by atoms with Crippen LogP contribution in [0.1, 0.15) is 41.8 Å². The Labute approximate surface area is 190 Å². The quantitative estimate of drug-likeness (QED) is 0.284. The van der Waals surface area contributed by atoms with Gasteiger partial charge in [-0.05, 0) is 35.5 Å². The van der Waals surface area contributed by atoms with E-state index >= 15 is 0 Å². The molecule has 0 saturated carbocycles. The van der Waals surface area contributed by atoms with Crippen molar-refractivity contribution >= 4 is 20.2 Å². The zero-order chi connectivity index (χ0) is 23.1. The van der Waals surface area contributed by atoms with Crippen molar-refractivity contribution in [2.75, 3.05) is 14.2 Å². The monoisotopic (exact) mass is 454 g/mol. The van der Waals surface area contributed by atoms with Crippen LogP contribution < -0.4 is 19.5 Å². The standard InChI is InChI=1S/C26H28FO4P/c1-5-26(2,32-24-12-11-20(27)13-19(24)16-28)22-14-21(29-3)15-23(30-4)25(22)31-17-18-9-7-6-8-10-18/h6-16,32H,5,17H2,1-4H3. The topological polar surface area (TPSA) is 44.8 Å². The minimum atomic E-state index is -0.422. The lowest BCUT2D eigenvalue weighted by Gasteiger charge is -2.32. The van der Waals surface area contributed by atoms with E-state index in [2.05, 4.69) is 13.8 Å². The fourth-order valence-corrected chi connectivity index (χ4v) is 5.06. The number of carbonyl (C=O) groups excluding carboxylic acids is 1. The molecular weight excluding hydrogens is 426 g/mol. The third kappa shape index (κ3) is 5.28. The first-order chi connectivity index (χ1) is 15.4. The fourth-order valence-electron chi connectivity index (χ4n) is 3.52. The second-order valence-corrected chi connectivity index (χ2v) is 9.53. The smallest absolute Gasteiger partial charge is 0.166 e. The predicted molar refractivity (Wildman–Crippen MR) is 128 cm³/mol. The maximum Gasteiger partial charge on any atom is 0.166 e. The minimum absolute atomic E-state index is 0.202. The molecule has 3 aromatic rings. The van der Waals surface area contributed by atoms with Crippen LogP contribution in [-0.2, 0) is 11.8 Å². The van der Waals surface area contributed by atoms with Gasteiger partial charge in [0.25, 0.3) is 0 Å². The number of hydrogen-bond acceptors (Lipinski definition) is 4. The van der Waals surface area contributed by atoms with Crippen LogP contribution in [0.15, 0.2) is 60.7 Å². The Bertz CT molecular complexity index is 1070. The van der Waals surface area contributed by atoms with Gasteiger partial charge in [0.05, 0.1) is 14.2 Å². The van der Waals surface area contributed by atoms with Crippen LogP contribution in [0.2, 0.25) is 0 Å². The van der Waals surface area contributed by atoms with Crippen LogP contribution in [0.25, 0.3) is 0 Å². The normalized spacial score (nSPS) is 13.0. The van der Waals surface area contributed by atoms with Crippen molar-refractivity contribution in [3.05, 3.63) is 83.2 Å². The van der Waals surface area contributed by atoms with E-state index in [1.807, 2.05) is 36.4 Å². The minimum Gasteiger partial charge on any atom is -0.497 e. The molecule has 0 radical (unpaired) electrons. The van der Waals surface area contributed by atoms with Crippen molar-refractivity contribution in [1.29, 1.82) is 0 Å². The first-order valence-corrected chi connectivity index (χ1v) is 11.4. The van der Waals surface area contributed by atoms with Gasteiger partial charge in [0.1, 0.15) is 18.2 Å². The van der Waals surface area contributed by atoms with Crippen molar-refractivity contribution in [1.82, 2.24) is 0 Å². The van der Waals surface area contributed by atoms with Crippen LogP contribution in [0.3, 0.4) is 0 Å². The van der Waals surface area contributed by atoms with Gasteiger partial charge in [0.2, 0.25) is 0 Å². The number of carbonyl (C=O) groups is 1. The number of rotatable bonds is 10. The van der Waals surface area contributed by atoms with Gasteiger partial charge in [-0.15, -0.1) is 0 Å². The van der Waals surface area contributed by atoms with Gasteiger partial charge in [0, 0.05) is 22.3 Å². The fraction of sp³-hybridized carbons (Fsp3) is 0.269. The predicted octanol–water partition coefficient (Wildman–Crippen LogP) is 5.86. The van der Waals surface area contributed by atoms with E-state index in [4.69, 9.17) is 14.2 Å². The molecule has 0 aliphatic rings. The molecule has 0 bridgehead atoms. The van der Waals surface area contributed by atoms with E-state index in [0.29, 0.717) is 35.7 Å². The lowest BCUT2D eigenvalue weighted by molar-refractivity contribution is 0.112. The van der Waals surface area contributed by atoms with Crippen LogP contribution in [0, 0.1) is 5.82 Å². The molecule has 0 amide bonds. The third-order valence-electron chi connectivity index (χ3n) is 5.56. The molecule has 0 N–H and O–H groups in total.